The Kier molecular flexibility index (Phi) is 6.38. The van der Waals surface area contributed by atoms with E-state index in [9.17, 15) is 13.2 Å². The minimum absolute atomic E-state index is 0.00724. The van der Waals surface area contributed by atoms with E-state index in [4.69, 9.17) is 9.72 Å². The number of piperidine rings is 1. The van der Waals surface area contributed by atoms with Crippen LogP contribution in [0.25, 0.3) is 0 Å². The van der Waals surface area contributed by atoms with Crippen molar-refractivity contribution in [3.05, 3.63) is 24.0 Å². The van der Waals surface area contributed by atoms with E-state index in [2.05, 4.69) is 17.1 Å². The van der Waals surface area contributed by atoms with Crippen LogP contribution in [0.5, 0.6) is 0 Å². The highest BCUT2D eigenvalue weighted by atomic mass is 32.2. The fraction of sp³-hybridized carbons (Fsp3) is 0.667. The fourth-order valence-electron chi connectivity index (χ4n) is 4.52. The van der Waals surface area contributed by atoms with Crippen molar-refractivity contribution in [1.82, 2.24) is 14.9 Å². The third-order valence-corrected chi connectivity index (χ3v) is 7.39. The highest BCUT2D eigenvalue weighted by molar-refractivity contribution is 7.90. The molecule has 1 aromatic heterocycles. The molecule has 9 heteroatoms. The van der Waals surface area contributed by atoms with Crippen LogP contribution in [0.3, 0.4) is 0 Å². The fourth-order valence-corrected chi connectivity index (χ4v) is 5.35. The normalized spacial score (nSPS) is 23.6. The van der Waals surface area contributed by atoms with E-state index >= 15 is 0 Å². The number of likely N-dealkylation sites (tertiary alicyclic amines) is 1. The van der Waals surface area contributed by atoms with Crippen molar-refractivity contribution >= 4 is 21.7 Å². The van der Waals surface area contributed by atoms with E-state index in [0.29, 0.717) is 51.0 Å². The average Bonchev–Trinajstić information content (AvgIpc) is 2.79. The molecule has 2 fully saturated rings. The zero-order valence-electron chi connectivity index (χ0n) is 17.5. The lowest BCUT2D eigenvalue weighted by Crippen LogP contribution is -2.42. The lowest BCUT2D eigenvalue weighted by Gasteiger charge is -2.35. The van der Waals surface area contributed by atoms with Crippen molar-refractivity contribution in [3.63, 3.8) is 0 Å². The van der Waals surface area contributed by atoms with Crippen LogP contribution < -0.4 is 4.90 Å². The maximum atomic E-state index is 12.8. The second kappa shape index (κ2) is 9.01. The summed E-state index contributed by atoms with van der Waals surface area (Å²) in [6.45, 7) is 3.90. The SMILES string of the molecule is CS(=O)(=O)c1cnc(N2CCOCC2)nc1C1CCN(C(=O)[C@@H]2CC=CCC2)CC1. The molecule has 3 aliphatic rings. The largest absolute Gasteiger partial charge is 0.378 e. The molecule has 2 saturated heterocycles. The van der Waals surface area contributed by atoms with Crippen molar-refractivity contribution in [2.24, 2.45) is 5.92 Å². The summed E-state index contributed by atoms with van der Waals surface area (Å²) in [7, 11) is -3.43. The van der Waals surface area contributed by atoms with Crippen molar-refractivity contribution in [3.8, 4) is 0 Å². The monoisotopic (exact) mass is 434 g/mol. The Balaban J connectivity index is 1.51. The van der Waals surface area contributed by atoms with Crippen molar-refractivity contribution < 1.29 is 17.9 Å². The molecule has 1 aromatic rings. The molecular formula is C21H30N4O4S. The summed E-state index contributed by atoms with van der Waals surface area (Å²) in [5.74, 6) is 0.893. The second-order valence-corrected chi connectivity index (χ2v) is 10.4. The maximum Gasteiger partial charge on any atom is 0.226 e. The van der Waals surface area contributed by atoms with Gasteiger partial charge >= 0.3 is 0 Å². The standard InChI is InChI=1S/C21H30N4O4S/c1-30(27,28)18-15-22-21(25-11-13-29-14-12-25)23-19(18)16-7-9-24(10-8-16)20(26)17-5-3-2-4-6-17/h2-3,15-17H,4-14H2,1H3/t17-/m1/s1. The van der Waals surface area contributed by atoms with Gasteiger partial charge in [0.1, 0.15) is 4.90 Å². The lowest BCUT2D eigenvalue weighted by molar-refractivity contribution is -0.136. The number of sulfone groups is 1. The van der Waals surface area contributed by atoms with Gasteiger partial charge in [0.05, 0.1) is 25.1 Å². The summed E-state index contributed by atoms with van der Waals surface area (Å²) in [5, 5.41) is 0. The number of hydrogen-bond acceptors (Lipinski definition) is 7. The van der Waals surface area contributed by atoms with Gasteiger partial charge in [0, 0.05) is 44.3 Å². The quantitative estimate of drug-likeness (QED) is 0.667. The highest BCUT2D eigenvalue weighted by Gasteiger charge is 2.32. The molecule has 0 bridgehead atoms. The Morgan fingerprint density at radius 3 is 2.47 bits per heavy atom. The molecule has 1 aliphatic carbocycles. The number of allylic oxidation sites excluding steroid dienone is 2. The molecule has 0 N–H and O–H groups in total. The zero-order chi connectivity index (χ0) is 21.1. The molecule has 1 atom stereocenters. The molecule has 0 spiro atoms. The van der Waals surface area contributed by atoms with Gasteiger partial charge in [-0.1, -0.05) is 12.2 Å². The number of rotatable bonds is 4. The Morgan fingerprint density at radius 2 is 1.83 bits per heavy atom. The third-order valence-electron chi connectivity index (χ3n) is 6.28. The first-order valence-corrected chi connectivity index (χ1v) is 12.7. The van der Waals surface area contributed by atoms with Gasteiger partial charge in [-0.2, -0.15) is 0 Å². The molecule has 2 aliphatic heterocycles. The minimum atomic E-state index is -3.43. The van der Waals surface area contributed by atoms with Gasteiger partial charge < -0.3 is 14.5 Å². The summed E-state index contributed by atoms with van der Waals surface area (Å²) in [5.41, 5.74) is 0.599. The number of hydrogen-bond donors (Lipinski definition) is 0. The average molecular weight is 435 g/mol. The molecule has 30 heavy (non-hydrogen) atoms. The van der Waals surface area contributed by atoms with Gasteiger partial charge in [-0.05, 0) is 32.1 Å². The Hall–Kier alpha value is -2.00. The van der Waals surface area contributed by atoms with Crippen LogP contribution in [0, 0.1) is 5.92 Å². The van der Waals surface area contributed by atoms with Gasteiger partial charge in [0.2, 0.25) is 11.9 Å². The van der Waals surface area contributed by atoms with Crippen LogP contribution in [0.4, 0.5) is 5.95 Å². The number of nitrogens with zero attached hydrogens (tertiary/aromatic N) is 4. The number of ether oxygens (including phenoxy) is 1. The van der Waals surface area contributed by atoms with E-state index in [0.717, 1.165) is 32.1 Å². The number of morpholine rings is 1. The van der Waals surface area contributed by atoms with E-state index in [1.165, 1.54) is 12.5 Å². The molecule has 8 nitrogen and oxygen atoms in total. The van der Waals surface area contributed by atoms with Crippen LogP contribution in [0.2, 0.25) is 0 Å². The van der Waals surface area contributed by atoms with Crippen LogP contribution in [-0.4, -0.2) is 74.8 Å². The van der Waals surface area contributed by atoms with E-state index in [1.807, 2.05) is 9.80 Å². The van der Waals surface area contributed by atoms with Crippen LogP contribution >= 0.6 is 0 Å². The van der Waals surface area contributed by atoms with Gasteiger partial charge in [0.25, 0.3) is 0 Å². The maximum absolute atomic E-state index is 12.8. The Bertz CT molecular complexity index is 904. The number of amides is 1. The van der Waals surface area contributed by atoms with E-state index in [1.54, 1.807) is 0 Å². The number of anilines is 1. The molecular weight excluding hydrogens is 404 g/mol. The summed E-state index contributed by atoms with van der Waals surface area (Å²) in [6.07, 6.45) is 11.1. The molecule has 4 rings (SSSR count). The Morgan fingerprint density at radius 1 is 1.10 bits per heavy atom. The van der Waals surface area contributed by atoms with Gasteiger partial charge in [-0.25, -0.2) is 18.4 Å². The van der Waals surface area contributed by atoms with E-state index in [-0.39, 0.29) is 22.6 Å². The summed E-state index contributed by atoms with van der Waals surface area (Å²) in [4.78, 5) is 26.1. The number of carbonyl (C=O) groups excluding carboxylic acids is 1. The first-order valence-electron chi connectivity index (χ1n) is 10.8. The second-order valence-electron chi connectivity index (χ2n) is 8.37. The van der Waals surface area contributed by atoms with Gasteiger partial charge in [-0.15, -0.1) is 0 Å². The molecule has 0 unspecified atom stereocenters. The smallest absolute Gasteiger partial charge is 0.226 e. The summed E-state index contributed by atoms with van der Waals surface area (Å²) < 4.78 is 30.2. The third kappa shape index (κ3) is 4.67. The molecule has 0 aromatic carbocycles. The van der Waals surface area contributed by atoms with Crippen LogP contribution in [0.1, 0.15) is 43.7 Å². The topological polar surface area (TPSA) is 92.7 Å². The van der Waals surface area contributed by atoms with Crippen molar-refractivity contribution in [2.45, 2.75) is 42.9 Å². The summed E-state index contributed by atoms with van der Waals surface area (Å²) >= 11 is 0. The van der Waals surface area contributed by atoms with Crippen LogP contribution in [0.15, 0.2) is 23.2 Å². The van der Waals surface area contributed by atoms with Gasteiger partial charge in [-0.3, -0.25) is 4.79 Å². The lowest BCUT2D eigenvalue weighted by atomic mass is 9.89. The van der Waals surface area contributed by atoms with E-state index < -0.39 is 9.84 Å². The molecule has 1 amide bonds. The van der Waals surface area contributed by atoms with Crippen molar-refractivity contribution in [2.75, 3.05) is 50.5 Å². The highest BCUT2D eigenvalue weighted by Crippen LogP contribution is 2.33. The molecule has 164 valence electrons. The number of aromatic nitrogens is 2. The van der Waals surface area contributed by atoms with Gasteiger partial charge in [0.15, 0.2) is 9.84 Å². The molecule has 3 heterocycles. The molecule has 0 radical (unpaired) electrons. The Labute approximate surface area is 178 Å². The first-order chi connectivity index (χ1) is 14.4. The summed E-state index contributed by atoms with van der Waals surface area (Å²) in [6, 6.07) is 0. The van der Waals surface area contributed by atoms with Crippen molar-refractivity contribution in [1.29, 1.82) is 0 Å². The number of carbonyl (C=O) groups is 1. The zero-order valence-corrected chi connectivity index (χ0v) is 18.3. The molecule has 0 saturated carbocycles. The minimum Gasteiger partial charge on any atom is -0.378 e. The first kappa shape index (κ1) is 21.2. The van der Waals surface area contributed by atoms with Crippen LogP contribution in [-0.2, 0) is 19.4 Å². The predicted octanol–water partition coefficient (Wildman–Crippen LogP) is 1.78. The predicted molar refractivity (Wildman–Crippen MR) is 113 cm³/mol.